The summed E-state index contributed by atoms with van der Waals surface area (Å²) in [7, 11) is 0. The van der Waals surface area contributed by atoms with Crippen molar-refractivity contribution in [1.29, 1.82) is 0 Å². The summed E-state index contributed by atoms with van der Waals surface area (Å²) in [5.74, 6) is -0.498. The van der Waals surface area contributed by atoms with Gasteiger partial charge in [0.15, 0.2) is 11.3 Å². The van der Waals surface area contributed by atoms with Crippen LogP contribution in [-0.4, -0.2) is 25.5 Å². The zero-order valence-corrected chi connectivity index (χ0v) is 15.1. The van der Waals surface area contributed by atoms with Crippen molar-refractivity contribution in [1.82, 2.24) is 19.6 Å². The molecule has 0 saturated heterocycles. The van der Waals surface area contributed by atoms with Crippen molar-refractivity contribution >= 4 is 17.2 Å². The zero-order valence-electron chi connectivity index (χ0n) is 15.1. The Balaban J connectivity index is 1.77. The van der Waals surface area contributed by atoms with Gasteiger partial charge in [-0.2, -0.15) is 18.3 Å². The lowest BCUT2D eigenvalue weighted by atomic mass is 10.0. The second kappa shape index (κ2) is 7.01. The molecule has 146 valence electrons. The molecule has 3 heterocycles. The molecule has 4 rings (SSSR count). The van der Waals surface area contributed by atoms with Crippen LogP contribution in [0.1, 0.15) is 21.7 Å². The predicted molar refractivity (Wildman–Crippen MR) is 100 cm³/mol. The number of pyridine rings is 1. The van der Waals surface area contributed by atoms with Crippen molar-refractivity contribution in [3.05, 3.63) is 77.9 Å². The van der Waals surface area contributed by atoms with Gasteiger partial charge in [-0.3, -0.25) is 9.78 Å². The first kappa shape index (κ1) is 18.6. The molecule has 6 nitrogen and oxygen atoms in total. The summed E-state index contributed by atoms with van der Waals surface area (Å²) in [5, 5.41) is 6.96. The maximum Gasteiger partial charge on any atom is 0.417 e. The Morgan fingerprint density at radius 1 is 1.03 bits per heavy atom. The van der Waals surface area contributed by atoms with E-state index in [-0.39, 0.29) is 17.0 Å². The van der Waals surface area contributed by atoms with E-state index in [0.717, 1.165) is 6.07 Å². The van der Waals surface area contributed by atoms with E-state index < -0.39 is 17.6 Å². The van der Waals surface area contributed by atoms with E-state index in [2.05, 4.69) is 20.4 Å². The summed E-state index contributed by atoms with van der Waals surface area (Å²) < 4.78 is 41.3. The van der Waals surface area contributed by atoms with E-state index in [0.29, 0.717) is 17.0 Å². The van der Waals surface area contributed by atoms with Crippen LogP contribution < -0.4 is 5.32 Å². The Hall–Kier alpha value is -3.75. The highest BCUT2D eigenvalue weighted by atomic mass is 19.4. The SMILES string of the molecule is Cc1ncccc1NC(=O)c1cnc2ccc(-c3ccccc3C(F)(F)F)nn12. The second-order valence-electron chi connectivity index (χ2n) is 6.27. The van der Waals surface area contributed by atoms with Crippen molar-refractivity contribution in [2.45, 2.75) is 13.1 Å². The van der Waals surface area contributed by atoms with Crippen LogP contribution in [0.3, 0.4) is 0 Å². The first-order chi connectivity index (χ1) is 13.8. The van der Waals surface area contributed by atoms with Gasteiger partial charge in [0, 0.05) is 11.8 Å². The Kier molecular flexibility index (Phi) is 4.50. The number of nitrogens with one attached hydrogen (secondary N) is 1. The van der Waals surface area contributed by atoms with Gasteiger partial charge in [-0.25, -0.2) is 9.50 Å². The number of hydrogen-bond acceptors (Lipinski definition) is 4. The second-order valence-corrected chi connectivity index (χ2v) is 6.27. The van der Waals surface area contributed by atoms with Crippen LogP contribution in [0.5, 0.6) is 0 Å². The van der Waals surface area contributed by atoms with E-state index in [1.165, 1.54) is 41.0 Å². The monoisotopic (exact) mass is 397 g/mol. The molecule has 0 saturated carbocycles. The molecule has 3 aromatic heterocycles. The summed E-state index contributed by atoms with van der Waals surface area (Å²) in [6.45, 7) is 1.74. The lowest BCUT2D eigenvalue weighted by molar-refractivity contribution is -0.137. The fourth-order valence-electron chi connectivity index (χ4n) is 2.93. The van der Waals surface area contributed by atoms with Gasteiger partial charge in [0.25, 0.3) is 5.91 Å². The van der Waals surface area contributed by atoms with E-state index in [1.807, 2.05) is 0 Å². The van der Waals surface area contributed by atoms with E-state index in [1.54, 1.807) is 25.3 Å². The average molecular weight is 397 g/mol. The Labute approximate surface area is 163 Å². The predicted octanol–water partition coefficient (Wildman–Crippen LogP) is 4.37. The van der Waals surface area contributed by atoms with Crippen LogP contribution in [0.4, 0.5) is 18.9 Å². The molecule has 9 heteroatoms. The summed E-state index contributed by atoms with van der Waals surface area (Å²) in [5.41, 5.74) is 0.776. The van der Waals surface area contributed by atoms with E-state index in [9.17, 15) is 18.0 Å². The van der Waals surface area contributed by atoms with Crippen LogP contribution in [0.15, 0.2) is 60.9 Å². The van der Waals surface area contributed by atoms with Crippen LogP contribution in [0.25, 0.3) is 16.9 Å². The molecule has 0 radical (unpaired) electrons. The number of amides is 1. The zero-order chi connectivity index (χ0) is 20.6. The van der Waals surface area contributed by atoms with Crippen molar-refractivity contribution in [2.75, 3.05) is 5.32 Å². The van der Waals surface area contributed by atoms with E-state index in [4.69, 9.17) is 0 Å². The number of carbonyl (C=O) groups excluding carboxylic acids is 1. The number of halogens is 3. The Morgan fingerprint density at radius 3 is 2.59 bits per heavy atom. The Morgan fingerprint density at radius 2 is 1.83 bits per heavy atom. The third kappa shape index (κ3) is 3.54. The minimum absolute atomic E-state index is 0.0786. The molecule has 0 unspecified atom stereocenters. The molecule has 1 N–H and O–H groups in total. The molecule has 1 amide bonds. The van der Waals surface area contributed by atoms with Gasteiger partial charge in [0.1, 0.15) is 0 Å². The molecule has 29 heavy (non-hydrogen) atoms. The molecule has 0 spiro atoms. The van der Waals surface area contributed by atoms with Gasteiger partial charge < -0.3 is 5.32 Å². The van der Waals surface area contributed by atoms with Crippen molar-refractivity contribution in [3.8, 4) is 11.3 Å². The fraction of sp³-hybridized carbons (Fsp3) is 0.100. The molecule has 0 atom stereocenters. The number of hydrogen-bond donors (Lipinski definition) is 1. The van der Waals surface area contributed by atoms with Crippen molar-refractivity contribution in [3.63, 3.8) is 0 Å². The molecule has 0 bridgehead atoms. The molecule has 4 aromatic rings. The van der Waals surface area contributed by atoms with Gasteiger partial charge in [0.05, 0.1) is 28.8 Å². The number of rotatable bonds is 3. The summed E-state index contributed by atoms with van der Waals surface area (Å²) in [4.78, 5) is 20.9. The Bertz CT molecular complexity index is 1220. The number of anilines is 1. The highest BCUT2D eigenvalue weighted by Crippen LogP contribution is 2.36. The van der Waals surface area contributed by atoms with Crippen LogP contribution in [-0.2, 0) is 6.18 Å². The molecule has 0 aliphatic heterocycles. The first-order valence-corrected chi connectivity index (χ1v) is 8.59. The molecular formula is C20H14F3N5O. The first-order valence-electron chi connectivity index (χ1n) is 8.59. The number of imidazole rings is 1. The molecule has 0 aliphatic rings. The normalized spacial score (nSPS) is 11.6. The number of carbonyl (C=O) groups is 1. The largest absolute Gasteiger partial charge is 0.417 e. The number of benzene rings is 1. The van der Waals surface area contributed by atoms with Crippen molar-refractivity contribution < 1.29 is 18.0 Å². The number of nitrogens with zero attached hydrogens (tertiary/aromatic N) is 4. The third-order valence-electron chi connectivity index (χ3n) is 4.36. The van der Waals surface area contributed by atoms with Crippen LogP contribution >= 0.6 is 0 Å². The lowest BCUT2D eigenvalue weighted by Gasteiger charge is -2.12. The maximum absolute atomic E-state index is 13.4. The highest BCUT2D eigenvalue weighted by molar-refractivity contribution is 6.03. The summed E-state index contributed by atoms with van der Waals surface area (Å²) >= 11 is 0. The minimum atomic E-state index is -4.53. The minimum Gasteiger partial charge on any atom is -0.319 e. The lowest BCUT2D eigenvalue weighted by Crippen LogP contribution is -2.16. The number of alkyl halides is 3. The van der Waals surface area contributed by atoms with Gasteiger partial charge >= 0.3 is 6.18 Å². The fourth-order valence-corrected chi connectivity index (χ4v) is 2.93. The summed E-state index contributed by atoms with van der Waals surface area (Å²) in [6.07, 6.45) is -1.60. The number of aromatic nitrogens is 4. The topological polar surface area (TPSA) is 72.2 Å². The molecule has 0 aliphatic carbocycles. The summed E-state index contributed by atoms with van der Waals surface area (Å²) in [6, 6.07) is 11.5. The molecule has 1 aromatic carbocycles. The number of aryl methyl sites for hydroxylation is 1. The maximum atomic E-state index is 13.4. The smallest absolute Gasteiger partial charge is 0.319 e. The average Bonchev–Trinajstić information content (AvgIpc) is 3.12. The van der Waals surface area contributed by atoms with Gasteiger partial charge in [-0.1, -0.05) is 18.2 Å². The van der Waals surface area contributed by atoms with E-state index >= 15 is 0 Å². The molecular weight excluding hydrogens is 383 g/mol. The van der Waals surface area contributed by atoms with Crippen molar-refractivity contribution in [2.24, 2.45) is 0 Å². The standard InChI is InChI=1S/C20H14F3N5O/c1-12-15(7-4-10-24-12)26-19(29)17-11-25-18-9-8-16(27-28(17)18)13-5-2-3-6-14(13)20(21,22)23/h2-11H,1H3,(H,26,29). The van der Waals surface area contributed by atoms with Gasteiger partial charge in [0.2, 0.25) is 0 Å². The van der Waals surface area contributed by atoms with Gasteiger partial charge in [-0.05, 0) is 37.3 Å². The number of fused-ring (bicyclic) bond motifs is 1. The van der Waals surface area contributed by atoms with Crippen LogP contribution in [0, 0.1) is 6.92 Å². The molecule has 0 fully saturated rings. The third-order valence-corrected chi connectivity index (χ3v) is 4.36. The van der Waals surface area contributed by atoms with Crippen LogP contribution in [0.2, 0.25) is 0 Å². The quantitative estimate of drug-likeness (QED) is 0.557. The van der Waals surface area contributed by atoms with Gasteiger partial charge in [-0.15, -0.1) is 0 Å². The highest BCUT2D eigenvalue weighted by Gasteiger charge is 2.33.